The third kappa shape index (κ3) is 6.99. The number of halogens is 2. The van der Waals surface area contributed by atoms with E-state index in [1.165, 1.54) is 5.56 Å². The van der Waals surface area contributed by atoms with E-state index in [2.05, 4.69) is 72.6 Å². The lowest BCUT2D eigenvalue weighted by molar-refractivity contribution is 0.587. The lowest BCUT2D eigenvalue weighted by atomic mass is 10.0. The zero-order valence-corrected chi connectivity index (χ0v) is 20.7. The molecule has 3 rings (SSSR count). The monoisotopic (exact) mass is 479 g/mol. The maximum absolute atomic E-state index is 14.0. The summed E-state index contributed by atoms with van der Waals surface area (Å²) in [6.07, 6.45) is 2.82. The first-order valence-electron chi connectivity index (χ1n) is 11.3. The Morgan fingerprint density at radius 2 is 1.40 bits per heavy atom. The molecule has 0 heterocycles. The second-order valence-corrected chi connectivity index (χ2v) is 7.98. The fourth-order valence-electron chi connectivity index (χ4n) is 3.33. The average molecular weight is 480 g/mol. The van der Waals surface area contributed by atoms with E-state index >= 15 is 0 Å². The van der Waals surface area contributed by atoms with Gasteiger partial charge in [-0.3, -0.25) is 0 Å². The van der Waals surface area contributed by atoms with Crippen LogP contribution in [0.4, 0.5) is 14.5 Å². The predicted octanol–water partition coefficient (Wildman–Crippen LogP) is 7.52. The van der Waals surface area contributed by atoms with Crippen molar-refractivity contribution in [1.82, 2.24) is 0 Å². The van der Waals surface area contributed by atoms with E-state index in [0.29, 0.717) is 0 Å². The van der Waals surface area contributed by atoms with Gasteiger partial charge in [-0.15, -0.1) is 0 Å². The van der Waals surface area contributed by atoms with Crippen molar-refractivity contribution in [2.45, 2.75) is 40.0 Å². The van der Waals surface area contributed by atoms with Gasteiger partial charge in [-0.05, 0) is 91.6 Å². The fraction of sp³-hybridized carbons (Fsp3) is 0.194. The van der Waals surface area contributed by atoms with Crippen LogP contribution in [0.25, 0.3) is 0 Å². The third-order valence-corrected chi connectivity index (χ3v) is 5.27. The highest BCUT2D eigenvalue weighted by atomic mass is 32.1. The van der Waals surface area contributed by atoms with E-state index in [-0.39, 0.29) is 5.56 Å². The Balaban J connectivity index is 1.83. The molecule has 35 heavy (non-hydrogen) atoms. The predicted molar refractivity (Wildman–Crippen MR) is 142 cm³/mol. The molecule has 0 spiro atoms. The highest BCUT2D eigenvalue weighted by molar-refractivity contribution is 7.78. The molecule has 0 amide bonds. The first-order valence-corrected chi connectivity index (χ1v) is 11.7. The van der Waals surface area contributed by atoms with Crippen molar-refractivity contribution >= 4 is 23.1 Å². The van der Waals surface area contributed by atoms with Gasteiger partial charge in [0.1, 0.15) is 5.69 Å². The van der Waals surface area contributed by atoms with Crippen molar-refractivity contribution in [3.05, 3.63) is 99.1 Å². The van der Waals surface area contributed by atoms with E-state index in [0.717, 1.165) is 59.2 Å². The number of nitrogens with zero attached hydrogens (tertiary/aromatic N) is 1. The number of aryl methyl sites for hydroxylation is 2. The van der Waals surface area contributed by atoms with Crippen LogP contribution in [0.3, 0.4) is 0 Å². The molecule has 3 aromatic rings. The molecule has 0 fully saturated rings. The van der Waals surface area contributed by atoms with Crippen molar-refractivity contribution in [3.8, 4) is 35.5 Å². The van der Waals surface area contributed by atoms with Gasteiger partial charge in [-0.1, -0.05) is 49.4 Å². The largest absolute Gasteiger partial charge is 0.204 e. The Kier molecular flexibility index (Phi) is 9.12. The molecule has 3 aromatic carbocycles. The van der Waals surface area contributed by atoms with Gasteiger partial charge in [0, 0.05) is 34.2 Å². The molecule has 0 atom stereocenters. The van der Waals surface area contributed by atoms with Crippen molar-refractivity contribution in [2.24, 2.45) is 4.99 Å². The molecule has 0 aliphatic carbocycles. The van der Waals surface area contributed by atoms with Gasteiger partial charge < -0.3 is 0 Å². The summed E-state index contributed by atoms with van der Waals surface area (Å²) < 4.78 is 28.0. The minimum Gasteiger partial charge on any atom is -0.204 e. The Labute approximate surface area is 211 Å². The number of aliphatic imine (C=N–C) groups is 1. The summed E-state index contributed by atoms with van der Waals surface area (Å²) in [7, 11) is 0. The van der Waals surface area contributed by atoms with Gasteiger partial charge in [0.05, 0.1) is 5.16 Å². The van der Waals surface area contributed by atoms with Crippen LogP contribution in [0.15, 0.2) is 53.5 Å². The molecule has 0 aliphatic heterocycles. The fourth-order valence-corrected chi connectivity index (χ4v) is 3.42. The summed E-state index contributed by atoms with van der Waals surface area (Å²) in [6, 6.07) is 14.0. The van der Waals surface area contributed by atoms with Gasteiger partial charge in [0.15, 0.2) is 11.6 Å². The van der Waals surface area contributed by atoms with Crippen molar-refractivity contribution in [3.63, 3.8) is 0 Å². The smallest absolute Gasteiger partial charge is 0.153 e. The summed E-state index contributed by atoms with van der Waals surface area (Å²) >= 11 is 4.41. The Morgan fingerprint density at radius 3 is 2.03 bits per heavy atom. The number of hydrogen-bond acceptors (Lipinski definition) is 2. The lowest BCUT2D eigenvalue weighted by Gasteiger charge is -2.03. The number of hydrogen-bond donors (Lipinski definition) is 0. The van der Waals surface area contributed by atoms with E-state index in [1.54, 1.807) is 0 Å². The zero-order valence-electron chi connectivity index (χ0n) is 19.9. The van der Waals surface area contributed by atoms with Gasteiger partial charge >= 0.3 is 0 Å². The normalized spacial score (nSPS) is 9.51. The summed E-state index contributed by atoms with van der Waals surface area (Å²) in [5.41, 5.74) is 5.50. The second kappa shape index (κ2) is 12.5. The number of thiocarbonyl (C=S) groups is 1. The van der Waals surface area contributed by atoms with Crippen LogP contribution in [-0.2, 0) is 6.42 Å². The molecule has 0 saturated heterocycles. The number of isothiocyanates is 1. The molecule has 0 saturated carbocycles. The summed E-state index contributed by atoms with van der Waals surface area (Å²) in [5.74, 6) is 17.0. The summed E-state index contributed by atoms with van der Waals surface area (Å²) in [4.78, 5) is 3.40. The van der Waals surface area contributed by atoms with Crippen LogP contribution in [0.1, 0.15) is 65.6 Å². The minimum absolute atomic E-state index is 0.208. The van der Waals surface area contributed by atoms with Crippen molar-refractivity contribution in [1.29, 1.82) is 0 Å². The molecule has 0 unspecified atom stereocenters. The van der Waals surface area contributed by atoms with Crippen LogP contribution in [0.2, 0.25) is 0 Å². The molecular weight excluding hydrogens is 456 g/mol. The molecule has 1 nitrogen and oxygen atoms in total. The van der Waals surface area contributed by atoms with Gasteiger partial charge in [-0.2, -0.15) is 4.99 Å². The standard InChI is InChI=1S/C31H23F2NS/c1-4-6-7-8-23-12-14-28(26(5-2)18-23)16-15-27-13-11-24(17-22(27)3)9-10-25-19-29(32)31(34-21-35)30(33)20-25/h11-14,17-20H,4-6H2,1-3H3. The minimum atomic E-state index is -0.832. The lowest BCUT2D eigenvalue weighted by Crippen LogP contribution is -1.90. The van der Waals surface area contributed by atoms with E-state index < -0.39 is 17.3 Å². The SMILES string of the molecule is CCCC#Cc1ccc(C#Cc2ccc(C#Cc3cc(F)c(N=C=S)c(F)c3)cc2C)c(CC)c1. The van der Waals surface area contributed by atoms with Crippen molar-refractivity contribution in [2.75, 3.05) is 0 Å². The first-order chi connectivity index (χ1) is 16.9. The number of unbranched alkanes of at least 4 members (excludes halogenated alkanes) is 1. The summed E-state index contributed by atoms with van der Waals surface area (Å²) in [5, 5.41) is 1.97. The van der Waals surface area contributed by atoms with Crippen LogP contribution >= 0.6 is 12.2 Å². The maximum Gasteiger partial charge on any atom is 0.153 e. The Bertz CT molecular complexity index is 1470. The molecule has 4 heteroatoms. The van der Waals surface area contributed by atoms with Crippen molar-refractivity contribution < 1.29 is 8.78 Å². The Hall–Kier alpha value is -4.00. The summed E-state index contributed by atoms with van der Waals surface area (Å²) in [6.45, 7) is 6.19. The average Bonchev–Trinajstić information content (AvgIpc) is 2.85. The van der Waals surface area contributed by atoms with Crippen LogP contribution in [0.5, 0.6) is 0 Å². The van der Waals surface area contributed by atoms with Crippen LogP contribution in [0, 0.1) is 54.1 Å². The first kappa shape index (κ1) is 25.6. The Morgan fingerprint density at radius 1 is 0.771 bits per heavy atom. The van der Waals surface area contributed by atoms with Crippen LogP contribution in [-0.4, -0.2) is 5.16 Å². The molecule has 0 bridgehead atoms. The molecule has 172 valence electrons. The van der Waals surface area contributed by atoms with Gasteiger partial charge in [0.2, 0.25) is 0 Å². The molecule has 0 aromatic heterocycles. The maximum atomic E-state index is 14.0. The number of benzene rings is 3. The van der Waals surface area contributed by atoms with E-state index in [4.69, 9.17) is 0 Å². The van der Waals surface area contributed by atoms with Crippen LogP contribution < -0.4 is 0 Å². The van der Waals surface area contributed by atoms with Gasteiger partial charge in [-0.25, -0.2) is 8.78 Å². The molecule has 0 N–H and O–H groups in total. The second-order valence-electron chi connectivity index (χ2n) is 7.80. The highest BCUT2D eigenvalue weighted by Gasteiger charge is 2.09. The molecular formula is C31H23F2NS. The van der Waals surface area contributed by atoms with E-state index in [1.807, 2.05) is 42.4 Å². The number of rotatable bonds is 3. The topological polar surface area (TPSA) is 12.4 Å². The third-order valence-electron chi connectivity index (χ3n) is 5.18. The van der Waals surface area contributed by atoms with Gasteiger partial charge in [0.25, 0.3) is 0 Å². The van der Waals surface area contributed by atoms with E-state index in [9.17, 15) is 8.78 Å². The molecule has 0 radical (unpaired) electrons. The highest BCUT2D eigenvalue weighted by Crippen LogP contribution is 2.23. The zero-order chi connectivity index (χ0) is 25.2. The molecule has 0 aliphatic rings. The quantitative estimate of drug-likeness (QED) is 0.215.